The van der Waals surface area contributed by atoms with Gasteiger partial charge in [0.15, 0.2) is 5.13 Å². The second kappa shape index (κ2) is 12.0. The van der Waals surface area contributed by atoms with Gasteiger partial charge in [-0.05, 0) is 56.3 Å². The summed E-state index contributed by atoms with van der Waals surface area (Å²) in [7, 11) is 0. The molecule has 172 valence electrons. The zero-order valence-electron chi connectivity index (χ0n) is 19.8. The van der Waals surface area contributed by atoms with E-state index in [9.17, 15) is 4.79 Å². The van der Waals surface area contributed by atoms with E-state index in [1.54, 1.807) is 11.3 Å². The average molecular weight is 454 g/mol. The highest BCUT2D eigenvalue weighted by molar-refractivity contribution is 7.22. The van der Waals surface area contributed by atoms with Crippen molar-refractivity contribution in [3.63, 3.8) is 0 Å². The molecule has 3 rings (SSSR count). The standard InChI is InChI=1S/C26H35N3O2S/c1-5-8-9-18-31-22-14-11-13-21(19-22)25(30)29(17-16-28(6-2)7-3)26-27-24-20(4)12-10-15-23(24)32-26/h10-15,19H,5-9,16-18H2,1-4H3. The molecule has 6 heteroatoms. The lowest BCUT2D eigenvalue weighted by molar-refractivity contribution is 0.0983. The number of anilines is 1. The average Bonchev–Trinajstić information content (AvgIpc) is 3.25. The summed E-state index contributed by atoms with van der Waals surface area (Å²) in [6, 6.07) is 13.7. The van der Waals surface area contributed by atoms with Gasteiger partial charge in [0.05, 0.1) is 16.8 Å². The third-order valence-electron chi connectivity index (χ3n) is 5.72. The van der Waals surface area contributed by atoms with Gasteiger partial charge in [-0.15, -0.1) is 0 Å². The number of aromatic nitrogens is 1. The van der Waals surface area contributed by atoms with Gasteiger partial charge in [0.1, 0.15) is 5.75 Å². The monoisotopic (exact) mass is 453 g/mol. The summed E-state index contributed by atoms with van der Waals surface area (Å²) in [6.07, 6.45) is 3.33. The molecule has 0 aliphatic rings. The van der Waals surface area contributed by atoms with Crippen LogP contribution in [-0.2, 0) is 0 Å². The van der Waals surface area contributed by atoms with Crippen molar-refractivity contribution in [3.05, 3.63) is 53.6 Å². The van der Waals surface area contributed by atoms with Crippen LogP contribution in [0.1, 0.15) is 56.0 Å². The Kier molecular flexibility index (Phi) is 9.06. The smallest absolute Gasteiger partial charge is 0.260 e. The van der Waals surface area contributed by atoms with Crippen LogP contribution in [0.2, 0.25) is 0 Å². The minimum Gasteiger partial charge on any atom is -0.494 e. The number of carbonyl (C=O) groups is 1. The number of likely N-dealkylation sites (N-methyl/N-ethyl adjacent to an activating group) is 1. The van der Waals surface area contributed by atoms with Crippen LogP contribution in [-0.4, -0.2) is 48.6 Å². The van der Waals surface area contributed by atoms with Crippen molar-refractivity contribution in [1.29, 1.82) is 0 Å². The summed E-state index contributed by atoms with van der Waals surface area (Å²) in [5.41, 5.74) is 2.73. The third-order valence-corrected chi connectivity index (χ3v) is 6.76. The Hall–Kier alpha value is -2.44. The highest BCUT2D eigenvalue weighted by atomic mass is 32.1. The Labute approximate surface area is 196 Å². The highest BCUT2D eigenvalue weighted by Gasteiger charge is 2.22. The second-order valence-corrected chi connectivity index (χ2v) is 8.99. The molecule has 1 aromatic heterocycles. The molecular weight excluding hydrogens is 418 g/mol. The van der Waals surface area contributed by atoms with E-state index in [0.717, 1.165) is 65.6 Å². The third kappa shape index (κ3) is 6.08. The van der Waals surface area contributed by atoms with Gasteiger partial charge in [-0.2, -0.15) is 0 Å². The van der Waals surface area contributed by atoms with Crippen molar-refractivity contribution in [2.75, 3.05) is 37.7 Å². The molecule has 0 spiro atoms. The molecule has 0 unspecified atom stereocenters. The first-order valence-electron chi connectivity index (χ1n) is 11.7. The van der Waals surface area contributed by atoms with Crippen molar-refractivity contribution in [2.24, 2.45) is 0 Å². The number of unbranched alkanes of at least 4 members (excludes halogenated alkanes) is 2. The summed E-state index contributed by atoms with van der Waals surface area (Å²) in [5.74, 6) is 0.712. The first-order valence-corrected chi connectivity index (χ1v) is 12.5. The van der Waals surface area contributed by atoms with Crippen molar-refractivity contribution in [1.82, 2.24) is 9.88 Å². The summed E-state index contributed by atoms with van der Waals surface area (Å²) in [4.78, 5) is 22.7. The number of fused-ring (bicyclic) bond motifs is 1. The van der Waals surface area contributed by atoms with Crippen LogP contribution in [0.5, 0.6) is 5.75 Å². The Morgan fingerprint density at radius 1 is 1.03 bits per heavy atom. The van der Waals surface area contributed by atoms with Crippen LogP contribution in [0.4, 0.5) is 5.13 Å². The predicted molar refractivity (Wildman–Crippen MR) is 135 cm³/mol. The van der Waals surface area contributed by atoms with E-state index in [1.165, 1.54) is 0 Å². The van der Waals surface area contributed by atoms with E-state index in [1.807, 2.05) is 35.2 Å². The lowest BCUT2D eigenvalue weighted by Gasteiger charge is -2.25. The van der Waals surface area contributed by atoms with Crippen LogP contribution in [0.15, 0.2) is 42.5 Å². The summed E-state index contributed by atoms with van der Waals surface area (Å²) < 4.78 is 6.99. The molecular formula is C26H35N3O2S. The van der Waals surface area contributed by atoms with E-state index in [2.05, 4.69) is 44.7 Å². The highest BCUT2D eigenvalue weighted by Crippen LogP contribution is 2.31. The van der Waals surface area contributed by atoms with Crippen LogP contribution in [0.3, 0.4) is 0 Å². The van der Waals surface area contributed by atoms with Gasteiger partial charge < -0.3 is 9.64 Å². The molecule has 3 aromatic rings. The zero-order chi connectivity index (χ0) is 22.9. The number of para-hydroxylation sites is 1. The van der Waals surface area contributed by atoms with Gasteiger partial charge >= 0.3 is 0 Å². The second-order valence-electron chi connectivity index (χ2n) is 7.99. The molecule has 0 bridgehead atoms. The molecule has 0 fully saturated rings. The molecule has 0 aliphatic heterocycles. The maximum absolute atomic E-state index is 13.6. The lowest BCUT2D eigenvalue weighted by atomic mass is 10.2. The van der Waals surface area contributed by atoms with Crippen molar-refractivity contribution < 1.29 is 9.53 Å². The normalized spacial score (nSPS) is 11.3. The molecule has 5 nitrogen and oxygen atoms in total. The molecule has 0 atom stereocenters. The number of ether oxygens (including phenoxy) is 1. The number of aryl methyl sites for hydroxylation is 1. The van der Waals surface area contributed by atoms with Crippen molar-refractivity contribution in [2.45, 2.75) is 47.0 Å². The summed E-state index contributed by atoms with van der Waals surface area (Å²) in [5, 5.41) is 0.751. The summed E-state index contributed by atoms with van der Waals surface area (Å²) >= 11 is 1.58. The fourth-order valence-corrected chi connectivity index (χ4v) is 4.74. The minimum atomic E-state index is -0.0344. The van der Waals surface area contributed by atoms with Crippen LogP contribution >= 0.6 is 11.3 Å². The molecule has 0 saturated carbocycles. The summed E-state index contributed by atoms with van der Waals surface area (Å²) in [6.45, 7) is 12.5. The van der Waals surface area contributed by atoms with Gasteiger partial charge in [-0.3, -0.25) is 9.69 Å². The first kappa shape index (κ1) is 24.2. The molecule has 1 heterocycles. The molecule has 0 radical (unpaired) electrons. The van der Waals surface area contributed by atoms with Crippen molar-refractivity contribution in [3.8, 4) is 5.75 Å². The van der Waals surface area contributed by atoms with E-state index < -0.39 is 0 Å². The van der Waals surface area contributed by atoms with Gasteiger partial charge in [0, 0.05) is 18.7 Å². The Morgan fingerprint density at radius 3 is 2.53 bits per heavy atom. The number of nitrogens with zero attached hydrogens (tertiary/aromatic N) is 3. The number of benzene rings is 2. The van der Waals surface area contributed by atoms with Crippen molar-refractivity contribution >= 4 is 32.6 Å². The number of thiazole rings is 1. The number of amides is 1. The van der Waals surface area contributed by atoms with E-state index >= 15 is 0 Å². The van der Waals surface area contributed by atoms with Gasteiger partial charge in [-0.25, -0.2) is 4.98 Å². The predicted octanol–water partition coefficient (Wildman–Crippen LogP) is 6.16. The fourth-order valence-electron chi connectivity index (χ4n) is 3.67. The Balaban J connectivity index is 1.86. The Morgan fingerprint density at radius 2 is 1.81 bits per heavy atom. The number of rotatable bonds is 12. The molecule has 0 N–H and O–H groups in total. The number of carbonyl (C=O) groups excluding carboxylic acids is 1. The largest absolute Gasteiger partial charge is 0.494 e. The fraction of sp³-hybridized carbons (Fsp3) is 0.462. The molecule has 2 aromatic carbocycles. The topological polar surface area (TPSA) is 45.7 Å². The number of hydrogen-bond donors (Lipinski definition) is 0. The first-order chi connectivity index (χ1) is 15.6. The Bertz CT molecular complexity index is 1010. The van der Waals surface area contributed by atoms with Gasteiger partial charge in [0.25, 0.3) is 5.91 Å². The van der Waals surface area contributed by atoms with Gasteiger partial charge in [0.2, 0.25) is 0 Å². The van der Waals surface area contributed by atoms with Crippen LogP contribution < -0.4 is 9.64 Å². The lowest BCUT2D eigenvalue weighted by Crippen LogP contribution is -2.38. The van der Waals surface area contributed by atoms with Crippen LogP contribution in [0, 0.1) is 6.92 Å². The zero-order valence-corrected chi connectivity index (χ0v) is 20.6. The van der Waals surface area contributed by atoms with E-state index in [4.69, 9.17) is 9.72 Å². The molecule has 1 amide bonds. The van der Waals surface area contributed by atoms with E-state index in [-0.39, 0.29) is 5.91 Å². The maximum atomic E-state index is 13.6. The number of hydrogen-bond acceptors (Lipinski definition) is 5. The molecule has 0 aliphatic carbocycles. The molecule has 0 saturated heterocycles. The van der Waals surface area contributed by atoms with E-state index in [0.29, 0.717) is 18.7 Å². The minimum absolute atomic E-state index is 0.0344. The molecule has 32 heavy (non-hydrogen) atoms. The quantitative estimate of drug-likeness (QED) is 0.308. The van der Waals surface area contributed by atoms with Gasteiger partial charge in [-0.1, -0.05) is 63.1 Å². The van der Waals surface area contributed by atoms with Crippen LogP contribution in [0.25, 0.3) is 10.2 Å². The maximum Gasteiger partial charge on any atom is 0.260 e. The SMILES string of the molecule is CCCCCOc1cccc(C(=O)N(CCN(CC)CC)c2nc3c(C)cccc3s2)c1.